The summed E-state index contributed by atoms with van der Waals surface area (Å²) in [4.78, 5) is 0. The van der Waals surface area contributed by atoms with Gasteiger partial charge in [-0.15, -0.1) is 0 Å². The van der Waals surface area contributed by atoms with Crippen molar-refractivity contribution < 1.29 is 4.74 Å². The Morgan fingerprint density at radius 1 is 1.14 bits per heavy atom. The lowest BCUT2D eigenvalue weighted by atomic mass is 10.2. The summed E-state index contributed by atoms with van der Waals surface area (Å²) in [6, 6.07) is 10.4. The van der Waals surface area contributed by atoms with E-state index >= 15 is 0 Å². The van der Waals surface area contributed by atoms with E-state index < -0.39 is 0 Å². The molecule has 1 aliphatic heterocycles. The second-order valence-corrected chi connectivity index (χ2v) is 4.28. The first kappa shape index (κ1) is 8.30. The van der Waals surface area contributed by atoms with Crippen molar-refractivity contribution in [3.8, 4) is 0 Å². The van der Waals surface area contributed by atoms with Gasteiger partial charge in [-0.25, -0.2) is 0 Å². The number of benzene rings is 1. The molecule has 2 nitrogen and oxygen atoms in total. The van der Waals surface area contributed by atoms with Crippen molar-refractivity contribution in [2.24, 2.45) is 17.8 Å². The Hall–Kier alpha value is -1.02. The van der Waals surface area contributed by atoms with Gasteiger partial charge >= 0.3 is 0 Å². The number of hydrogen-bond donors (Lipinski definition) is 1. The topological polar surface area (TPSA) is 21.3 Å². The fourth-order valence-electron chi connectivity index (χ4n) is 2.45. The highest BCUT2D eigenvalue weighted by molar-refractivity contribution is 5.42. The molecule has 2 aliphatic rings. The van der Waals surface area contributed by atoms with Crippen LogP contribution in [0.25, 0.3) is 0 Å². The molecular formula is C12H15NO. The Morgan fingerprint density at radius 2 is 1.86 bits per heavy atom. The van der Waals surface area contributed by atoms with Gasteiger partial charge in [-0.3, -0.25) is 0 Å². The first-order chi connectivity index (χ1) is 6.95. The molecule has 74 valence electrons. The second-order valence-electron chi connectivity index (χ2n) is 4.28. The summed E-state index contributed by atoms with van der Waals surface area (Å²) < 4.78 is 5.36. The Kier molecular flexibility index (Phi) is 1.95. The van der Waals surface area contributed by atoms with Crippen LogP contribution in [0.2, 0.25) is 0 Å². The van der Waals surface area contributed by atoms with E-state index in [1.165, 1.54) is 5.69 Å². The first-order valence-corrected chi connectivity index (χ1v) is 5.32. The zero-order valence-corrected chi connectivity index (χ0v) is 8.15. The third-order valence-corrected chi connectivity index (χ3v) is 3.45. The largest absolute Gasteiger partial charge is 0.385 e. The average Bonchev–Trinajstić information content (AvgIpc) is 2.69. The smallest absolute Gasteiger partial charge is 0.0501 e. The maximum absolute atomic E-state index is 5.36. The fourth-order valence-corrected chi connectivity index (χ4v) is 2.45. The van der Waals surface area contributed by atoms with Crippen LogP contribution in [-0.2, 0) is 4.74 Å². The van der Waals surface area contributed by atoms with Crippen LogP contribution in [0, 0.1) is 17.8 Å². The minimum absolute atomic E-state index is 0.853. The summed E-state index contributed by atoms with van der Waals surface area (Å²) in [5.74, 6) is 2.57. The average molecular weight is 189 g/mol. The fraction of sp³-hybridized carbons (Fsp3) is 0.500. The van der Waals surface area contributed by atoms with E-state index in [1.807, 2.05) is 6.07 Å². The van der Waals surface area contributed by atoms with Crippen molar-refractivity contribution >= 4 is 5.69 Å². The molecule has 1 aromatic carbocycles. The van der Waals surface area contributed by atoms with Crippen LogP contribution < -0.4 is 5.32 Å². The van der Waals surface area contributed by atoms with Crippen LogP contribution in [0.4, 0.5) is 5.69 Å². The van der Waals surface area contributed by atoms with Crippen molar-refractivity contribution in [3.05, 3.63) is 30.3 Å². The third-order valence-electron chi connectivity index (χ3n) is 3.45. The summed E-state index contributed by atoms with van der Waals surface area (Å²) in [5, 5.41) is 3.48. The van der Waals surface area contributed by atoms with E-state index in [-0.39, 0.29) is 0 Å². The van der Waals surface area contributed by atoms with Crippen molar-refractivity contribution in [1.29, 1.82) is 0 Å². The quantitative estimate of drug-likeness (QED) is 0.785. The van der Waals surface area contributed by atoms with Gasteiger partial charge < -0.3 is 10.1 Å². The molecule has 2 heteroatoms. The Morgan fingerprint density at radius 3 is 2.57 bits per heavy atom. The molecule has 2 fully saturated rings. The van der Waals surface area contributed by atoms with E-state index in [0.717, 1.165) is 37.5 Å². The lowest BCUT2D eigenvalue weighted by Gasteiger charge is -2.07. The van der Waals surface area contributed by atoms with Gasteiger partial charge in [0.2, 0.25) is 0 Å². The molecule has 0 spiro atoms. The molecule has 0 bridgehead atoms. The van der Waals surface area contributed by atoms with Crippen LogP contribution in [0.15, 0.2) is 30.3 Å². The summed E-state index contributed by atoms with van der Waals surface area (Å²) in [5.41, 5.74) is 1.23. The minimum atomic E-state index is 0.853. The molecule has 1 aromatic rings. The Balaban J connectivity index is 1.52. The van der Waals surface area contributed by atoms with Crippen molar-refractivity contribution in [2.75, 3.05) is 25.1 Å². The highest BCUT2D eigenvalue weighted by Crippen LogP contribution is 2.50. The van der Waals surface area contributed by atoms with Crippen molar-refractivity contribution in [3.63, 3.8) is 0 Å². The Bertz CT molecular complexity index is 301. The van der Waals surface area contributed by atoms with E-state index in [2.05, 4.69) is 29.6 Å². The monoisotopic (exact) mass is 189 g/mol. The lowest BCUT2D eigenvalue weighted by Crippen LogP contribution is -2.09. The number of anilines is 1. The maximum atomic E-state index is 5.36. The van der Waals surface area contributed by atoms with Gasteiger partial charge in [-0.1, -0.05) is 18.2 Å². The van der Waals surface area contributed by atoms with Gasteiger partial charge in [0.05, 0.1) is 13.2 Å². The van der Waals surface area contributed by atoms with E-state index in [0.29, 0.717) is 0 Å². The normalized spacial score (nSPS) is 33.9. The summed E-state index contributed by atoms with van der Waals surface area (Å²) in [6.07, 6.45) is 0. The molecule has 0 aromatic heterocycles. The van der Waals surface area contributed by atoms with Crippen LogP contribution in [0.1, 0.15) is 0 Å². The summed E-state index contributed by atoms with van der Waals surface area (Å²) in [7, 11) is 0. The van der Waals surface area contributed by atoms with Crippen molar-refractivity contribution in [2.45, 2.75) is 0 Å². The molecule has 1 saturated carbocycles. The standard InChI is InChI=1S/C12H15NO/c1-2-4-9(5-3-1)13-6-10-11-7-14-8-12(10)11/h1-5,10-13H,6-8H2. The summed E-state index contributed by atoms with van der Waals surface area (Å²) in [6.45, 7) is 3.10. The third kappa shape index (κ3) is 1.40. The number of rotatable bonds is 3. The zero-order chi connectivity index (χ0) is 9.38. The van der Waals surface area contributed by atoms with Gasteiger partial charge in [0.1, 0.15) is 0 Å². The number of fused-ring (bicyclic) bond motifs is 1. The van der Waals surface area contributed by atoms with Crippen LogP contribution in [0.3, 0.4) is 0 Å². The summed E-state index contributed by atoms with van der Waals surface area (Å²) >= 11 is 0. The van der Waals surface area contributed by atoms with E-state index in [1.54, 1.807) is 0 Å². The van der Waals surface area contributed by atoms with Gasteiger partial charge in [-0.2, -0.15) is 0 Å². The number of hydrogen-bond acceptors (Lipinski definition) is 2. The van der Waals surface area contributed by atoms with E-state index in [9.17, 15) is 0 Å². The number of para-hydroxylation sites is 1. The molecule has 0 amide bonds. The number of nitrogens with one attached hydrogen (secondary N) is 1. The maximum Gasteiger partial charge on any atom is 0.0501 e. The molecule has 3 rings (SSSR count). The van der Waals surface area contributed by atoms with Gasteiger partial charge in [-0.05, 0) is 29.9 Å². The predicted octanol–water partition coefficient (Wildman–Crippen LogP) is 1.99. The van der Waals surface area contributed by atoms with Gasteiger partial charge in [0.25, 0.3) is 0 Å². The molecule has 1 N–H and O–H groups in total. The molecule has 2 unspecified atom stereocenters. The van der Waals surface area contributed by atoms with Gasteiger partial charge in [0.15, 0.2) is 0 Å². The van der Waals surface area contributed by atoms with Crippen LogP contribution >= 0.6 is 0 Å². The molecule has 2 atom stereocenters. The van der Waals surface area contributed by atoms with E-state index in [4.69, 9.17) is 4.74 Å². The molecule has 1 heterocycles. The lowest BCUT2D eigenvalue weighted by molar-refractivity contribution is 0.153. The Labute approximate surface area is 84.3 Å². The molecule has 0 radical (unpaired) electrons. The predicted molar refractivity (Wildman–Crippen MR) is 56.2 cm³/mol. The van der Waals surface area contributed by atoms with Crippen LogP contribution in [-0.4, -0.2) is 19.8 Å². The first-order valence-electron chi connectivity index (χ1n) is 5.32. The molecule has 14 heavy (non-hydrogen) atoms. The highest BCUT2D eigenvalue weighted by atomic mass is 16.5. The minimum Gasteiger partial charge on any atom is -0.385 e. The molecule has 1 saturated heterocycles. The molecule has 1 aliphatic carbocycles. The van der Waals surface area contributed by atoms with Gasteiger partial charge in [0, 0.05) is 12.2 Å². The van der Waals surface area contributed by atoms with Crippen LogP contribution in [0.5, 0.6) is 0 Å². The molecular weight excluding hydrogens is 174 g/mol. The van der Waals surface area contributed by atoms with Crippen molar-refractivity contribution in [1.82, 2.24) is 0 Å². The SMILES string of the molecule is c1ccc(NCC2C3COCC23)cc1. The second kappa shape index (κ2) is 3.28. The zero-order valence-electron chi connectivity index (χ0n) is 8.15. The highest BCUT2D eigenvalue weighted by Gasteiger charge is 2.53. The number of ether oxygens (including phenoxy) is 1.